The molecule has 1 aromatic rings. The van der Waals surface area contributed by atoms with Gasteiger partial charge < -0.3 is 10.2 Å². The van der Waals surface area contributed by atoms with Crippen LogP contribution >= 0.6 is 0 Å². The fraction of sp³-hybridized carbons (Fsp3) is 0.375. The molecule has 0 saturated heterocycles. The molecule has 0 fully saturated rings. The summed E-state index contributed by atoms with van der Waals surface area (Å²) in [7, 11) is 0. The minimum absolute atomic E-state index is 0.240. The highest BCUT2D eigenvalue weighted by Gasteiger charge is 2.16. The van der Waals surface area contributed by atoms with Gasteiger partial charge >= 0.3 is 11.9 Å². The minimum Gasteiger partial charge on any atom is -0.481 e. The average Bonchev–Trinajstić information content (AvgIpc) is 2.38. The lowest BCUT2D eigenvalue weighted by Crippen LogP contribution is -2.32. The van der Waals surface area contributed by atoms with Crippen molar-refractivity contribution in [3.63, 3.8) is 0 Å². The zero-order chi connectivity index (χ0) is 16.0. The molecule has 0 aromatic heterocycles. The number of hydrogen-bond donors (Lipinski definition) is 2. The fourth-order valence-electron chi connectivity index (χ4n) is 2.04. The van der Waals surface area contributed by atoms with Gasteiger partial charge in [0, 0.05) is 19.6 Å². The molecule has 0 saturated carbocycles. The first-order valence-electron chi connectivity index (χ1n) is 6.71. The van der Waals surface area contributed by atoms with Gasteiger partial charge in [-0.05, 0) is 24.6 Å². The molecular formula is C16H21NO4. The van der Waals surface area contributed by atoms with E-state index in [1.807, 2.05) is 11.8 Å². The molecule has 21 heavy (non-hydrogen) atoms. The maximum absolute atomic E-state index is 11.0. The van der Waals surface area contributed by atoms with Crippen molar-refractivity contribution in [3.05, 3.63) is 47.5 Å². The Labute approximate surface area is 124 Å². The van der Waals surface area contributed by atoms with Crippen molar-refractivity contribution < 1.29 is 19.8 Å². The van der Waals surface area contributed by atoms with Crippen LogP contribution in [0.3, 0.4) is 0 Å². The molecule has 0 aliphatic carbocycles. The maximum Gasteiger partial charge on any atom is 0.335 e. The molecule has 5 heteroatoms. The van der Waals surface area contributed by atoms with Gasteiger partial charge in [-0.3, -0.25) is 9.69 Å². The second-order valence-corrected chi connectivity index (χ2v) is 5.37. The minimum atomic E-state index is -0.958. The Kier molecular flexibility index (Phi) is 6.11. The van der Waals surface area contributed by atoms with Crippen LogP contribution < -0.4 is 0 Å². The number of aliphatic carboxylic acids is 1. The Morgan fingerprint density at radius 1 is 1.24 bits per heavy atom. The third-order valence-electron chi connectivity index (χ3n) is 3.05. The third-order valence-corrected chi connectivity index (χ3v) is 3.05. The molecular weight excluding hydrogens is 270 g/mol. The highest BCUT2D eigenvalue weighted by molar-refractivity contribution is 5.87. The van der Waals surface area contributed by atoms with Crippen LogP contribution in [0.1, 0.15) is 29.8 Å². The number of hydrogen-bond acceptors (Lipinski definition) is 3. The summed E-state index contributed by atoms with van der Waals surface area (Å²) in [6, 6.07) is 6.61. The standard InChI is InChI=1S/C16H21NO4/c1-11(2)8-17(9-12(3)15(18)19)10-13-4-6-14(7-5-13)16(20)21/h4-7,12H,1,8-10H2,2-3H3,(H,18,19)(H,20,21). The molecule has 0 aliphatic heterocycles. The van der Waals surface area contributed by atoms with E-state index in [4.69, 9.17) is 10.2 Å². The number of carboxylic acids is 2. The second-order valence-electron chi connectivity index (χ2n) is 5.37. The van der Waals surface area contributed by atoms with Gasteiger partial charge in [-0.15, -0.1) is 0 Å². The molecule has 1 rings (SSSR count). The Morgan fingerprint density at radius 2 is 1.81 bits per heavy atom. The van der Waals surface area contributed by atoms with Gasteiger partial charge in [0.2, 0.25) is 0 Å². The van der Waals surface area contributed by atoms with E-state index in [0.29, 0.717) is 19.6 Å². The molecule has 1 aromatic carbocycles. The lowest BCUT2D eigenvalue weighted by Gasteiger charge is -2.24. The van der Waals surface area contributed by atoms with Crippen molar-refractivity contribution in [2.75, 3.05) is 13.1 Å². The Balaban J connectivity index is 2.77. The molecule has 0 amide bonds. The van der Waals surface area contributed by atoms with Gasteiger partial charge in [-0.2, -0.15) is 0 Å². The van der Waals surface area contributed by atoms with Crippen LogP contribution in [0, 0.1) is 5.92 Å². The van der Waals surface area contributed by atoms with Crippen LogP contribution in [0.25, 0.3) is 0 Å². The van der Waals surface area contributed by atoms with Gasteiger partial charge in [-0.25, -0.2) is 4.79 Å². The number of carboxylic acid groups (broad SMARTS) is 2. The van der Waals surface area contributed by atoms with Crippen LogP contribution in [0.5, 0.6) is 0 Å². The largest absolute Gasteiger partial charge is 0.481 e. The molecule has 2 N–H and O–H groups in total. The predicted molar refractivity (Wildman–Crippen MR) is 80.3 cm³/mol. The molecule has 0 bridgehead atoms. The maximum atomic E-state index is 11.0. The van der Waals surface area contributed by atoms with E-state index in [9.17, 15) is 9.59 Å². The lowest BCUT2D eigenvalue weighted by atomic mass is 10.1. The first-order valence-corrected chi connectivity index (χ1v) is 6.71. The van der Waals surface area contributed by atoms with E-state index in [-0.39, 0.29) is 5.56 Å². The van der Waals surface area contributed by atoms with E-state index in [2.05, 4.69) is 6.58 Å². The predicted octanol–water partition coefficient (Wildman–Crippen LogP) is 2.48. The van der Waals surface area contributed by atoms with E-state index in [1.54, 1.807) is 31.2 Å². The monoisotopic (exact) mass is 291 g/mol. The molecule has 114 valence electrons. The highest BCUT2D eigenvalue weighted by Crippen LogP contribution is 2.11. The third kappa shape index (κ3) is 5.79. The van der Waals surface area contributed by atoms with E-state index in [1.165, 1.54) is 0 Å². The van der Waals surface area contributed by atoms with Crippen molar-refractivity contribution in [3.8, 4) is 0 Å². The Bertz CT molecular complexity index is 522. The molecule has 0 radical (unpaired) electrons. The van der Waals surface area contributed by atoms with E-state index >= 15 is 0 Å². The molecule has 0 aliphatic rings. The van der Waals surface area contributed by atoms with Gasteiger partial charge in [0.1, 0.15) is 0 Å². The first-order chi connectivity index (χ1) is 9.79. The van der Waals surface area contributed by atoms with Crippen LogP contribution in [0.4, 0.5) is 0 Å². The summed E-state index contributed by atoms with van der Waals surface area (Å²) in [5, 5.41) is 17.9. The summed E-state index contributed by atoms with van der Waals surface area (Å²) < 4.78 is 0. The fourth-order valence-corrected chi connectivity index (χ4v) is 2.04. The van der Waals surface area contributed by atoms with Crippen molar-refractivity contribution in [1.29, 1.82) is 0 Å². The van der Waals surface area contributed by atoms with E-state index in [0.717, 1.165) is 11.1 Å². The number of aromatic carboxylic acids is 1. The van der Waals surface area contributed by atoms with Crippen molar-refractivity contribution >= 4 is 11.9 Å². The number of carbonyl (C=O) groups is 2. The highest BCUT2D eigenvalue weighted by atomic mass is 16.4. The average molecular weight is 291 g/mol. The number of rotatable bonds is 8. The van der Waals surface area contributed by atoms with Crippen LogP contribution in [0.2, 0.25) is 0 Å². The smallest absolute Gasteiger partial charge is 0.335 e. The summed E-state index contributed by atoms with van der Waals surface area (Å²) in [4.78, 5) is 23.8. The zero-order valence-electron chi connectivity index (χ0n) is 12.4. The van der Waals surface area contributed by atoms with Crippen molar-refractivity contribution in [2.24, 2.45) is 5.92 Å². The van der Waals surface area contributed by atoms with Crippen LogP contribution in [0.15, 0.2) is 36.4 Å². The summed E-state index contributed by atoms with van der Waals surface area (Å²) in [6.45, 7) is 9.01. The zero-order valence-corrected chi connectivity index (χ0v) is 12.4. The summed E-state index contributed by atoms with van der Waals surface area (Å²) in [5.41, 5.74) is 2.14. The van der Waals surface area contributed by atoms with Crippen LogP contribution in [-0.4, -0.2) is 40.1 Å². The summed E-state index contributed by atoms with van der Waals surface area (Å²) in [6.07, 6.45) is 0. The summed E-state index contributed by atoms with van der Waals surface area (Å²) in [5.74, 6) is -2.26. The lowest BCUT2D eigenvalue weighted by molar-refractivity contribution is -0.141. The number of benzene rings is 1. The topological polar surface area (TPSA) is 77.8 Å². The number of nitrogens with zero attached hydrogens (tertiary/aromatic N) is 1. The van der Waals surface area contributed by atoms with Crippen LogP contribution in [-0.2, 0) is 11.3 Å². The summed E-state index contributed by atoms with van der Waals surface area (Å²) >= 11 is 0. The van der Waals surface area contributed by atoms with Gasteiger partial charge in [0.05, 0.1) is 11.5 Å². The molecule has 5 nitrogen and oxygen atoms in total. The Hall–Kier alpha value is -2.14. The molecule has 0 spiro atoms. The second kappa shape index (κ2) is 7.59. The Morgan fingerprint density at radius 3 is 2.24 bits per heavy atom. The van der Waals surface area contributed by atoms with Gasteiger partial charge in [0.15, 0.2) is 0 Å². The molecule has 1 unspecified atom stereocenters. The van der Waals surface area contributed by atoms with Gasteiger partial charge in [0.25, 0.3) is 0 Å². The molecule has 1 atom stereocenters. The van der Waals surface area contributed by atoms with Crippen molar-refractivity contribution in [2.45, 2.75) is 20.4 Å². The quantitative estimate of drug-likeness (QED) is 0.719. The van der Waals surface area contributed by atoms with E-state index < -0.39 is 17.9 Å². The normalized spacial score (nSPS) is 12.1. The molecule has 0 heterocycles. The first kappa shape index (κ1) is 16.9. The van der Waals surface area contributed by atoms with Crippen molar-refractivity contribution in [1.82, 2.24) is 4.90 Å². The van der Waals surface area contributed by atoms with Gasteiger partial charge in [-0.1, -0.05) is 31.2 Å². The SMILES string of the molecule is C=C(C)CN(Cc1ccc(C(=O)O)cc1)CC(C)C(=O)O.